The van der Waals surface area contributed by atoms with Crippen LogP contribution in [0.1, 0.15) is 18.4 Å². The molecular formula is C16H22ClF3N4O. The van der Waals surface area contributed by atoms with Crippen molar-refractivity contribution in [3.8, 4) is 0 Å². The Balaban J connectivity index is 0.00000225. The Morgan fingerprint density at radius 1 is 1.40 bits per heavy atom. The number of pyridine rings is 1. The molecule has 0 aromatic carbocycles. The van der Waals surface area contributed by atoms with Crippen LogP contribution in [-0.2, 0) is 11.0 Å². The Hall–Kier alpha value is -1.54. The second kappa shape index (κ2) is 8.23. The first-order chi connectivity index (χ1) is 11.4. The molecule has 2 fully saturated rings. The minimum atomic E-state index is -4.45. The summed E-state index contributed by atoms with van der Waals surface area (Å²) in [5.41, 5.74) is -0.744. The summed E-state index contributed by atoms with van der Waals surface area (Å²) in [4.78, 5) is 17.8. The van der Waals surface area contributed by atoms with Crippen LogP contribution in [0, 0.1) is 11.8 Å². The van der Waals surface area contributed by atoms with Crippen molar-refractivity contribution >= 4 is 24.1 Å². The number of aromatic nitrogens is 1. The second-order valence-electron chi connectivity index (χ2n) is 6.43. The van der Waals surface area contributed by atoms with E-state index in [0.717, 1.165) is 19.2 Å². The van der Waals surface area contributed by atoms with Gasteiger partial charge >= 0.3 is 6.18 Å². The van der Waals surface area contributed by atoms with Crippen LogP contribution in [0.2, 0.25) is 0 Å². The van der Waals surface area contributed by atoms with E-state index in [0.29, 0.717) is 31.8 Å². The molecule has 0 saturated carbocycles. The lowest BCUT2D eigenvalue weighted by Crippen LogP contribution is -2.50. The zero-order chi connectivity index (χ0) is 17.2. The maximum atomic E-state index is 13.2. The van der Waals surface area contributed by atoms with Gasteiger partial charge in [-0.2, -0.15) is 13.2 Å². The number of rotatable bonds is 4. The summed E-state index contributed by atoms with van der Waals surface area (Å²) in [6.45, 7) is 3.19. The van der Waals surface area contributed by atoms with Gasteiger partial charge in [-0.3, -0.25) is 4.79 Å². The zero-order valence-corrected chi connectivity index (χ0v) is 14.5. The second-order valence-corrected chi connectivity index (χ2v) is 6.43. The third-order valence-electron chi connectivity index (χ3n) is 4.61. The van der Waals surface area contributed by atoms with Gasteiger partial charge in [0.25, 0.3) is 0 Å². The van der Waals surface area contributed by atoms with E-state index in [1.165, 1.54) is 12.3 Å². The van der Waals surface area contributed by atoms with Crippen molar-refractivity contribution in [1.82, 2.24) is 15.6 Å². The maximum Gasteiger partial charge on any atom is 0.419 e. The largest absolute Gasteiger partial charge is 0.419 e. The van der Waals surface area contributed by atoms with Crippen molar-refractivity contribution in [2.24, 2.45) is 11.8 Å². The molecule has 1 atom stereocenters. The van der Waals surface area contributed by atoms with Crippen molar-refractivity contribution < 1.29 is 18.0 Å². The van der Waals surface area contributed by atoms with E-state index in [-0.39, 0.29) is 36.6 Å². The number of hydrogen-bond donors (Lipinski definition) is 2. The number of carbonyl (C=O) groups excluding carboxylic acids is 1. The molecule has 0 bridgehead atoms. The van der Waals surface area contributed by atoms with E-state index >= 15 is 0 Å². The monoisotopic (exact) mass is 378 g/mol. The number of anilines is 1. The summed E-state index contributed by atoms with van der Waals surface area (Å²) in [5.74, 6) is 0.0120. The highest BCUT2D eigenvalue weighted by atomic mass is 35.5. The number of alkyl halides is 3. The van der Waals surface area contributed by atoms with Crippen molar-refractivity contribution in [2.75, 3.05) is 37.6 Å². The third-order valence-corrected chi connectivity index (χ3v) is 4.61. The predicted octanol–water partition coefficient (Wildman–Crippen LogP) is 2.07. The van der Waals surface area contributed by atoms with Crippen LogP contribution in [-0.4, -0.2) is 43.6 Å². The van der Waals surface area contributed by atoms with E-state index in [2.05, 4.69) is 15.6 Å². The fourth-order valence-electron chi connectivity index (χ4n) is 3.14. The van der Waals surface area contributed by atoms with Gasteiger partial charge in [0, 0.05) is 44.8 Å². The Morgan fingerprint density at radius 3 is 2.80 bits per heavy atom. The molecule has 2 aliphatic rings. The average Bonchev–Trinajstić information content (AvgIpc) is 2.52. The summed E-state index contributed by atoms with van der Waals surface area (Å²) in [6.07, 6.45) is -1.72. The maximum absolute atomic E-state index is 13.2. The molecule has 9 heteroatoms. The van der Waals surface area contributed by atoms with Gasteiger partial charge in [0.2, 0.25) is 5.91 Å². The van der Waals surface area contributed by atoms with Gasteiger partial charge in [-0.15, -0.1) is 12.4 Å². The van der Waals surface area contributed by atoms with E-state index in [1.807, 2.05) is 0 Å². The van der Waals surface area contributed by atoms with Gasteiger partial charge in [0.05, 0.1) is 11.5 Å². The Morgan fingerprint density at radius 2 is 2.16 bits per heavy atom. The third kappa shape index (κ3) is 4.76. The number of hydrogen-bond acceptors (Lipinski definition) is 4. The minimum Gasteiger partial charge on any atom is -0.355 e. The van der Waals surface area contributed by atoms with Crippen molar-refractivity contribution in [2.45, 2.75) is 19.0 Å². The highest BCUT2D eigenvalue weighted by molar-refractivity contribution is 5.85. The predicted molar refractivity (Wildman–Crippen MR) is 90.8 cm³/mol. The molecule has 25 heavy (non-hydrogen) atoms. The first kappa shape index (κ1) is 19.8. The molecular weight excluding hydrogens is 357 g/mol. The molecule has 2 N–H and O–H groups in total. The Kier molecular flexibility index (Phi) is 6.51. The molecule has 0 radical (unpaired) electrons. The van der Waals surface area contributed by atoms with Gasteiger partial charge in [-0.25, -0.2) is 4.98 Å². The number of nitrogens with one attached hydrogen (secondary N) is 2. The van der Waals surface area contributed by atoms with E-state index in [1.54, 1.807) is 4.90 Å². The summed E-state index contributed by atoms with van der Waals surface area (Å²) in [5, 5.41) is 6.06. The normalized spacial score (nSPS) is 21.2. The van der Waals surface area contributed by atoms with Gasteiger partial charge in [-0.1, -0.05) is 0 Å². The molecule has 5 nitrogen and oxygen atoms in total. The number of halogens is 4. The number of carbonyl (C=O) groups is 1. The Bertz CT molecular complexity index is 595. The molecule has 1 aromatic heterocycles. The van der Waals surface area contributed by atoms with Crippen LogP contribution < -0.4 is 15.5 Å². The molecule has 1 amide bonds. The van der Waals surface area contributed by atoms with Crippen molar-refractivity contribution in [1.29, 1.82) is 0 Å². The highest BCUT2D eigenvalue weighted by Gasteiger charge is 2.37. The fourth-order valence-corrected chi connectivity index (χ4v) is 3.14. The first-order valence-corrected chi connectivity index (χ1v) is 8.20. The Labute approximate surface area is 150 Å². The summed E-state index contributed by atoms with van der Waals surface area (Å²) >= 11 is 0. The first-order valence-electron chi connectivity index (χ1n) is 8.20. The highest BCUT2D eigenvalue weighted by Crippen LogP contribution is 2.36. The lowest BCUT2D eigenvalue weighted by molar-refractivity contribution is -0.137. The van der Waals surface area contributed by atoms with Gasteiger partial charge < -0.3 is 15.5 Å². The molecule has 0 aliphatic carbocycles. The van der Waals surface area contributed by atoms with Crippen LogP contribution in [0.5, 0.6) is 0 Å². The number of amides is 1. The summed E-state index contributed by atoms with van der Waals surface area (Å²) < 4.78 is 39.5. The quantitative estimate of drug-likeness (QED) is 0.842. The molecule has 0 spiro atoms. The summed E-state index contributed by atoms with van der Waals surface area (Å²) in [6, 6.07) is 2.32. The lowest BCUT2D eigenvalue weighted by atomic mass is 9.96. The molecule has 3 heterocycles. The van der Waals surface area contributed by atoms with E-state index in [9.17, 15) is 18.0 Å². The molecule has 1 aromatic rings. The standard InChI is InChI=1S/C16H21F3N4O.ClH/c17-16(18,19)13-4-1-5-21-14(13)23-6-2-3-12(10-23)15(24)22-9-11-7-20-8-11;/h1,4-5,11-12,20H,2-3,6-10H2,(H,22,24);1H. The van der Waals surface area contributed by atoms with Gasteiger partial charge in [0.15, 0.2) is 0 Å². The van der Waals surface area contributed by atoms with Gasteiger partial charge in [-0.05, 0) is 25.0 Å². The molecule has 2 saturated heterocycles. The molecule has 2 aliphatic heterocycles. The van der Waals surface area contributed by atoms with Crippen LogP contribution in [0.25, 0.3) is 0 Å². The van der Waals surface area contributed by atoms with Crippen molar-refractivity contribution in [3.05, 3.63) is 23.9 Å². The van der Waals surface area contributed by atoms with Crippen LogP contribution in [0.15, 0.2) is 18.3 Å². The number of nitrogens with zero attached hydrogens (tertiary/aromatic N) is 2. The van der Waals surface area contributed by atoms with Crippen LogP contribution in [0.3, 0.4) is 0 Å². The SMILES string of the molecule is Cl.O=C(NCC1CNC1)C1CCCN(c2ncccc2C(F)(F)F)C1. The molecule has 1 unspecified atom stereocenters. The van der Waals surface area contributed by atoms with Gasteiger partial charge in [0.1, 0.15) is 5.82 Å². The molecule has 140 valence electrons. The topological polar surface area (TPSA) is 57.3 Å². The smallest absolute Gasteiger partial charge is 0.355 e. The fraction of sp³-hybridized carbons (Fsp3) is 0.625. The van der Waals surface area contributed by atoms with E-state index in [4.69, 9.17) is 0 Å². The minimum absolute atomic E-state index is 0. The summed E-state index contributed by atoms with van der Waals surface area (Å²) in [7, 11) is 0. The van der Waals surface area contributed by atoms with Crippen LogP contribution >= 0.6 is 12.4 Å². The average molecular weight is 379 g/mol. The number of piperidine rings is 1. The zero-order valence-electron chi connectivity index (χ0n) is 13.7. The van der Waals surface area contributed by atoms with Crippen molar-refractivity contribution in [3.63, 3.8) is 0 Å². The van der Waals surface area contributed by atoms with E-state index < -0.39 is 11.7 Å². The lowest BCUT2D eigenvalue weighted by Gasteiger charge is -2.34. The van der Waals surface area contributed by atoms with Crippen LogP contribution in [0.4, 0.5) is 19.0 Å². The molecule has 3 rings (SSSR count).